The quantitative estimate of drug-likeness (QED) is 0.486. The molecule has 0 aromatic rings. The minimum atomic E-state index is -0.813. The first kappa shape index (κ1) is 7.67. The van der Waals surface area contributed by atoms with Crippen molar-refractivity contribution in [1.29, 1.82) is 0 Å². The molecule has 0 amide bonds. The summed E-state index contributed by atoms with van der Waals surface area (Å²) in [4.78, 5) is 12.0. The monoisotopic (exact) mass is 176 g/mol. The largest absolute Gasteiger partial charge is 0.380 e. The van der Waals surface area contributed by atoms with E-state index < -0.39 is 6.10 Å². The van der Waals surface area contributed by atoms with Gasteiger partial charge >= 0.3 is 0 Å². The van der Waals surface area contributed by atoms with Crippen LogP contribution in [0, 0.1) is 10.8 Å². The molecule has 0 heterocycles. The van der Waals surface area contributed by atoms with E-state index in [2.05, 4.69) is 26.7 Å². The normalized spacial score (nSPS) is 11.2. The van der Waals surface area contributed by atoms with Crippen molar-refractivity contribution in [1.82, 2.24) is 0 Å². The second-order valence-corrected chi connectivity index (χ2v) is 1.55. The van der Waals surface area contributed by atoms with Crippen LogP contribution in [0.5, 0.6) is 0 Å². The Labute approximate surface area is 56.0 Å². The van der Waals surface area contributed by atoms with Gasteiger partial charge in [0.15, 0.2) is 0 Å². The van der Waals surface area contributed by atoms with E-state index in [0.29, 0.717) is 6.29 Å². The van der Waals surface area contributed by atoms with E-state index in [4.69, 9.17) is 5.11 Å². The van der Waals surface area contributed by atoms with Crippen LogP contribution < -0.4 is 0 Å². The van der Waals surface area contributed by atoms with Crippen LogP contribution in [-0.4, -0.2) is 17.5 Å². The molecule has 0 aromatic carbocycles. The van der Waals surface area contributed by atoms with Crippen molar-refractivity contribution in [3.05, 3.63) is 0 Å². The Bertz CT molecular complexity index is 122. The molecular formula is C5H5BrO2. The lowest BCUT2D eigenvalue weighted by Gasteiger charge is -1.90. The van der Waals surface area contributed by atoms with Crippen molar-refractivity contribution < 1.29 is 9.90 Å². The van der Waals surface area contributed by atoms with Crippen molar-refractivity contribution in [2.75, 3.05) is 0 Å². The zero-order valence-electron chi connectivity index (χ0n) is 4.10. The van der Waals surface area contributed by atoms with Gasteiger partial charge in [0.25, 0.3) is 0 Å². The highest BCUT2D eigenvalue weighted by Crippen LogP contribution is 1.84. The van der Waals surface area contributed by atoms with Gasteiger partial charge in [0, 0.05) is 22.4 Å². The van der Waals surface area contributed by atoms with Gasteiger partial charge in [0.2, 0.25) is 0 Å². The number of aliphatic hydroxyl groups excluding tert-OH is 1. The summed E-state index contributed by atoms with van der Waals surface area (Å²) < 4.78 is 0. The second kappa shape index (κ2) is 4.82. The number of carbonyl (C=O) groups is 1. The zero-order valence-corrected chi connectivity index (χ0v) is 5.68. The lowest BCUT2D eigenvalue weighted by Crippen LogP contribution is -2.01. The summed E-state index contributed by atoms with van der Waals surface area (Å²) in [6.07, 6.45) is -0.104. The maximum Gasteiger partial charge on any atom is 0.123 e. The minimum Gasteiger partial charge on any atom is -0.380 e. The molecule has 8 heavy (non-hydrogen) atoms. The summed E-state index contributed by atoms with van der Waals surface area (Å²) in [6.45, 7) is 0. The summed E-state index contributed by atoms with van der Waals surface area (Å²) in [6, 6.07) is 0. The van der Waals surface area contributed by atoms with Crippen molar-refractivity contribution in [3.63, 3.8) is 0 Å². The molecule has 0 radical (unpaired) electrons. The first-order valence-electron chi connectivity index (χ1n) is 2.04. The van der Waals surface area contributed by atoms with E-state index in [1.165, 1.54) is 0 Å². The van der Waals surface area contributed by atoms with Crippen LogP contribution in [0.4, 0.5) is 0 Å². The predicted octanol–water partition coefficient (Wildman–Crippen LogP) is 0.292. The highest BCUT2D eigenvalue weighted by Gasteiger charge is 1.93. The maximum atomic E-state index is 9.65. The smallest absolute Gasteiger partial charge is 0.123 e. The van der Waals surface area contributed by atoms with E-state index in [-0.39, 0.29) is 6.42 Å². The summed E-state index contributed by atoms with van der Waals surface area (Å²) in [5.74, 6) is 2.34. The Kier molecular flexibility index (Phi) is 4.62. The molecule has 2 nitrogen and oxygen atoms in total. The molecule has 0 fully saturated rings. The van der Waals surface area contributed by atoms with Crippen molar-refractivity contribution in [2.24, 2.45) is 0 Å². The maximum absolute atomic E-state index is 9.65. The molecule has 0 aliphatic rings. The van der Waals surface area contributed by atoms with Crippen LogP contribution >= 0.6 is 15.9 Å². The molecular weight excluding hydrogens is 172 g/mol. The van der Waals surface area contributed by atoms with Gasteiger partial charge in [-0.1, -0.05) is 5.92 Å². The summed E-state index contributed by atoms with van der Waals surface area (Å²) >= 11 is 2.78. The predicted molar refractivity (Wildman–Crippen MR) is 33.4 cm³/mol. The summed E-state index contributed by atoms with van der Waals surface area (Å²) in [5, 5.41) is 8.61. The molecule has 0 aliphatic heterocycles. The number of hydrogen-bond acceptors (Lipinski definition) is 2. The van der Waals surface area contributed by atoms with Gasteiger partial charge in [0.1, 0.15) is 12.4 Å². The second-order valence-electron chi connectivity index (χ2n) is 1.16. The molecule has 0 saturated carbocycles. The fraction of sp³-hybridized carbons (Fsp3) is 0.400. The van der Waals surface area contributed by atoms with Gasteiger partial charge < -0.3 is 9.90 Å². The molecule has 1 N–H and O–H groups in total. The van der Waals surface area contributed by atoms with Crippen LogP contribution in [0.2, 0.25) is 0 Å². The first-order chi connectivity index (χ1) is 3.81. The molecule has 44 valence electrons. The summed E-state index contributed by atoms with van der Waals surface area (Å²) in [7, 11) is 0. The Morgan fingerprint density at radius 2 is 2.50 bits per heavy atom. The number of aliphatic hydroxyl groups is 1. The number of hydrogen-bond donors (Lipinski definition) is 1. The van der Waals surface area contributed by atoms with Crippen molar-refractivity contribution in [2.45, 2.75) is 12.5 Å². The van der Waals surface area contributed by atoms with Gasteiger partial charge in [-0.25, -0.2) is 0 Å². The number of carbonyl (C=O) groups excluding carboxylic acids is 1. The lowest BCUT2D eigenvalue weighted by atomic mass is 10.3. The average Bonchev–Trinajstić information content (AvgIpc) is 1.68. The van der Waals surface area contributed by atoms with E-state index in [1.54, 1.807) is 0 Å². The molecule has 1 unspecified atom stereocenters. The highest BCUT2D eigenvalue weighted by atomic mass is 79.9. The van der Waals surface area contributed by atoms with Gasteiger partial charge in [-0.15, -0.1) is 0 Å². The number of halogens is 1. The van der Waals surface area contributed by atoms with Crippen LogP contribution in [0.1, 0.15) is 6.42 Å². The third kappa shape index (κ3) is 3.85. The lowest BCUT2D eigenvalue weighted by molar-refractivity contribution is -0.108. The molecule has 0 saturated heterocycles. The molecule has 0 aliphatic carbocycles. The Morgan fingerprint density at radius 3 is 2.88 bits per heavy atom. The average molecular weight is 177 g/mol. The first-order valence-corrected chi connectivity index (χ1v) is 2.83. The van der Waals surface area contributed by atoms with E-state index in [9.17, 15) is 4.79 Å². The molecule has 1 atom stereocenters. The van der Waals surface area contributed by atoms with E-state index >= 15 is 0 Å². The Hall–Kier alpha value is -0.330. The van der Waals surface area contributed by atoms with Crippen LogP contribution in [0.3, 0.4) is 0 Å². The van der Waals surface area contributed by atoms with Crippen molar-refractivity contribution >= 4 is 22.2 Å². The Morgan fingerprint density at radius 1 is 1.88 bits per heavy atom. The van der Waals surface area contributed by atoms with E-state index in [0.717, 1.165) is 0 Å². The number of rotatable bonds is 2. The molecule has 0 spiro atoms. The Balaban J connectivity index is 3.41. The van der Waals surface area contributed by atoms with Crippen LogP contribution in [-0.2, 0) is 4.79 Å². The fourth-order valence-corrected chi connectivity index (χ4v) is 0.477. The third-order valence-electron chi connectivity index (χ3n) is 0.541. The minimum absolute atomic E-state index is 0.0819. The number of aldehydes is 1. The summed E-state index contributed by atoms with van der Waals surface area (Å²) in [5.41, 5.74) is 0. The molecule has 0 aromatic heterocycles. The topological polar surface area (TPSA) is 37.3 Å². The standard InChI is InChI=1S/C5H5BrO2/c6-3-1-5(8)2-4-7/h4-5,8H,2H2. The van der Waals surface area contributed by atoms with Crippen LogP contribution in [0.15, 0.2) is 0 Å². The van der Waals surface area contributed by atoms with Gasteiger partial charge in [0.05, 0.1) is 0 Å². The van der Waals surface area contributed by atoms with Crippen molar-refractivity contribution in [3.8, 4) is 10.8 Å². The van der Waals surface area contributed by atoms with Crippen LogP contribution in [0.25, 0.3) is 0 Å². The third-order valence-corrected chi connectivity index (χ3v) is 0.770. The van der Waals surface area contributed by atoms with Gasteiger partial charge in [-0.05, 0) is 4.83 Å². The SMILES string of the molecule is O=CCC(O)C#CBr. The molecule has 0 bridgehead atoms. The van der Waals surface area contributed by atoms with Gasteiger partial charge in [-0.3, -0.25) is 0 Å². The molecule has 0 rings (SSSR count). The fourth-order valence-electron chi connectivity index (χ4n) is 0.213. The molecule has 3 heteroatoms. The van der Waals surface area contributed by atoms with E-state index in [1.807, 2.05) is 0 Å². The van der Waals surface area contributed by atoms with Gasteiger partial charge in [-0.2, -0.15) is 0 Å². The highest BCUT2D eigenvalue weighted by molar-refractivity contribution is 9.12. The zero-order chi connectivity index (χ0) is 6.41.